The third-order valence-electron chi connectivity index (χ3n) is 5.09. The lowest BCUT2D eigenvalue weighted by Crippen LogP contribution is -2.26. The van der Waals surface area contributed by atoms with Gasteiger partial charge in [0.1, 0.15) is 12.4 Å². The van der Waals surface area contributed by atoms with Gasteiger partial charge in [-0.1, -0.05) is 35.3 Å². The highest BCUT2D eigenvalue weighted by Crippen LogP contribution is 2.30. The van der Waals surface area contributed by atoms with Crippen LogP contribution in [0.3, 0.4) is 0 Å². The van der Waals surface area contributed by atoms with E-state index in [1.165, 1.54) is 6.07 Å². The van der Waals surface area contributed by atoms with Gasteiger partial charge in [0.15, 0.2) is 0 Å². The second kappa shape index (κ2) is 9.79. The first-order valence-corrected chi connectivity index (χ1v) is 12.8. The van der Waals surface area contributed by atoms with Crippen molar-refractivity contribution in [3.63, 3.8) is 0 Å². The van der Waals surface area contributed by atoms with Crippen molar-refractivity contribution >= 4 is 60.7 Å². The third-order valence-corrected chi connectivity index (χ3v) is 6.24. The van der Waals surface area contributed by atoms with Gasteiger partial charge in [-0.2, -0.15) is 0 Å². The van der Waals surface area contributed by atoms with Gasteiger partial charge in [-0.15, -0.1) is 0 Å². The van der Waals surface area contributed by atoms with Crippen molar-refractivity contribution in [3.05, 3.63) is 70.2 Å². The number of aliphatic hydroxyl groups is 1. The number of ether oxygens (including phenoxy) is 1. The number of anilines is 1. The molecule has 0 saturated heterocycles. The van der Waals surface area contributed by atoms with Crippen LogP contribution in [0.15, 0.2) is 54.6 Å². The SMILES string of the molecule is CS(=O)(=O)Nc1cc([C@H](O)CNCCOc2ccc3c(c2)[nH]c2cc(Cl)ccc23)ccc1Cl. The number of hydrogen-bond acceptors (Lipinski definition) is 5. The molecule has 4 aromatic rings. The number of benzene rings is 3. The second-order valence-corrected chi connectivity index (χ2v) is 10.3. The maximum absolute atomic E-state index is 11.5. The smallest absolute Gasteiger partial charge is 0.229 e. The molecule has 0 unspecified atom stereocenters. The molecule has 4 N–H and O–H groups in total. The van der Waals surface area contributed by atoms with Crippen molar-refractivity contribution in [2.45, 2.75) is 6.10 Å². The summed E-state index contributed by atoms with van der Waals surface area (Å²) in [6, 6.07) is 16.4. The molecule has 0 aliphatic rings. The number of aromatic amines is 1. The Balaban J connectivity index is 1.30. The largest absolute Gasteiger partial charge is 0.492 e. The number of halogens is 2. The summed E-state index contributed by atoms with van der Waals surface area (Å²) in [6.07, 6.45) is 0.205. The predicted molar refractivity (Wildman–Crippen MR) is 134 cm³/mol. The lowest BCUT2D eigenvalue weighted by Gasteiger charge is -2.15. The Bertz CT molecular complexity index is 1410. The Kier molecular flexibility index (Phi) is 7.02. The Morgan fingerprint density at radius 3 is 2.52 bits per heavy atom. The van der Waals surface area contributed by atoms with E-state index in [0.29, 0.717) is 23.7 Å². The van der Waals surface area contributed by atoms with Crippen molar-refractivity contribution in [2.75, 3.05) is 30.7 Å². The highest BCUT2D eigenvalue weighted by Gasteiger charge is 2.12. The number of aromatic nitrogens is 1. The Labute approximate surface area is 201 Å². The van der Waals surface area contributed by atoms with E-state index < -0.39 is 16.1 Å². The van der Waals surface area contributed by atoms with Crippen LogP contribution in [0.4, 0.5) is 5.69 Å². The number of fused-ring (bicyclic) bond motifs is 3. The number of rotatable bonds is 9. The fraction of sp³-hybridized carbons (Fsp3) is 0.217. The average molecular weight is 508 g/mol. The van der Waals surface area contributed by atoms with E-state index in [2.05, 4.69) is 15.0 Å². The molecule has 0 spiro atoms. The zero-order valence-electron chi connectivity index (χ0n) is 17.7. The van der Waals surface area contributed by atoms with Crippen LogP contribution >= 0.6 is 23.2 Å². The molecule has 33 heavy (non-hydrogen) atoms. The second-order valence-electron chi connectivity index (χ2n) is 7.70. The van der Waals surface area contributed by atoms with E-state index in [4.69, 9.17) is 27.9 Å². The van der Waals surface area contributed by atoms with Gasteiger partial charge in [0, 0.05) is 40.5 Å². The molecule has 1 aromatic heterocycles. The first-order valence-electron chi connectivity index (χ1n) is 10.2. The summed E-state index contributed by atoms with van der Waals surface area (Å²) >= 11 is 12.1. The molecular formula is C23H23Cl2N3O4S. The van der Waals surface area contributed by atoms with Gasteiger partial charge in [-0.05, 0) is 42.0 Å². The lowest BCUT2D eigenvalue weighted by atomic mass is 10.1. The highest BCUT2D eigenvalue weighted by molar-refractivity contribution is 7.92. The van der Waals surface area contributed by atoms with Gasteiger partial charge < -0.3 is 20.1 Å². The molecular weight excluding hydrogens is 485 g/mol. The summed E-state index contributed by atoms with van der Waals surface area (Å²) in [5.41, 5.74) is 2.72. The molecule has 174 valence electrons. The zero-order chi connectivity index (χ0) is 23.6. The maximum Gasteiger partial charge on any atom is 0.229 e. The van der Waals surface area contributed by atoms with Gasteiger partial charge in [0.25, 0.3) is 0 Å². The monoisotopic (exact) mass is 507 g/mol. The molecule has 3 aromatic carbocycles. The van der Waals surface area contributed by atoms with Crippen molar-refractivity contribution in [3.8, 4) is 5.75 Å². The maximum atomic E-state index is 11.5. The third kappa shape index (κ3) is 5.90. The minimum atomic E-state index is -3.47. The fourth-order valence-corrected chi connectivity index (χ4v) is 4.54. The zero-order valence-corrected chi connectivity index (χ0v) is 20.1. The quantitative estimate of drug-likeness (QED) is 0.246. The lowest BCUT2D eigenvalue weighted by molar-refractivity contribution is 0.172. The van der Waals surface area contributed by atoms with Crippen LogP contribution < -0.4 is 14.8 Å². The van der Waals surface area contributed by atoms with E-state index in [-0.39, 0.29) is 17.3 Å². The van der Waals surface area contributed by atoms with E-state index >= 15 is 0 Å². The number of aliphatic hydroxyl groups excluding tert-OH is 1. The molecule has 0 bridgehead atoms. The summed E-state index contributed by atoms with van der Waals surface area (Å²) in [5.74, 6) is 0.733. The normalized spacial score (nSPS) is 12.8. The first-order chi connectivity index (χ1) is 15.7. The van der Waals surface area contributed by atoms with Gasteiger partial charge >= 0.3 is 0 Å². The Morgan fingerprint density at radius 2 is 1.76 bits per heavy atom. The van der Waals surface area contributed by atoms with Crippen LogP contribution in [0.5, 0.6) is 5.75 Å². The summed E-state index contributed by atoms with van der Waals surface area (Å²) in [5, 5.41) is 16.7. The molecule has 0 amide bonds. The highest BCUT2D eigenvalue weighted by atomic mass is 35.5. The Hall–Kier alpha value is -2.49. The molecule has 7 nitrogen and oxygen atoms in total. The van der Waals surface area contributed by atoms with Crippen LogP contribution in [0.25, 0.3) is 21.8 Å². The molecule has 0 saturated carbocycles. The van der Waals surface area contributed by atoms with Gasteiger partial charge in [0.05, 0.1) is 28.6 Å². The summed E-state index contributed by atoms with van der Waals surface area (Å²) < 4.78 is 31.1. The molecule has 10 heteroatoms. The van der Waals surface area contributed by atoms with Crippen LogP contribution in [0, 0.1) is 0 Å². The van der Waals surface area contributed by atoms with Crippen LogP contribution in [0.1, 0.15) is 11.7 Å². The Morgan fingerprint density at radius 1 is 1.03 bits per heavy atom. The standard InChI is InChI=1S/C23H23Cl2N3O4S/c1-33(30,31)28-22-10-14(2-7-19(22)25)23(29)13-26-8-9-32-16-4-6-18-17-5-3-15(24)11-20(17)27-21(18)12-16/h2-7,10-12,23,26-29H,8-9,13H2,1H3/t23-/m1/s1. The topological polar surface area (TPSA) is 103 Å². The van der Waals surface area contributed by atoms with Crippen LogP contribution in [-0.4, -0.2) is 44.5 Å². The van der Waals surface area contributed by atoms with Gasteiger partial charge in [-0.3, -0.25) is 4.72 Å². The minimum absolute atomic E-state index is 0.230. The predicted octanol–water partition coefficient (Wildman–Crippen LogP) is 4.70. The van der Waals surface area contributed by atoms with E-state index in [1.54, 1.807) is 12.1 Å². The van der Waals surface area contributed by atoms with Crippen LogP contribution in [0.2, 0.25) is 10.0 Å². The van der Waals surface area contributed by atoms with E-state index in [1.807, 2.05) is 36.4 Å². The molecule has 0 radical (unpaired) electrons. The first kappa shape index (κ1) is 23.7. The molecule has 1 atom stereocenters. The molecule has 0 aliphatic heterocycles. The summed E-state index contributed by atoms with van der Waals surface area (Å²) in [4.78, 5) is 3.35. The summed E-state index contributed by atoms with van der Waals surface area (Å²) in [6.45, 7) is 1.19. The van der Waals surface area contributed by atoms with Crippen LogP contribution in [-0.2, 0) is 10.0 Å². The van der Waals surface area contributed by atoms with Gasteiger partial charge in [0.2, 0.25) is 10.0 Å². The average Bonchev–Trinajstić information content (AvgIpc) is 3.10. The molecule has 0 fully saturated rings. The number of nitrogens with one attached hydrogen (secondary N) is 3. The number of sulfonamides is 1. The molecule has 4 rings (SSSR count). The molecule has 1 heterocycles. The van der Waals surface area contributed by atoms with E-state index in [9.17, 15) is 13.5 Å². The minimum Gasteiger partial charge on any atom is -0.492 e. The number of H-pyrrole nitrogens is 1. The summed E-state index contributed by atoms with van der Waals surface area (Å²) in [7, 11) is -3.47. The fourth-order valence-electron chi connectivity index (χ4n) is 3.58. The van der Waals surface area contributed by atoms with Crippen molar-refractivity contribution < 1.29 is 18.3 Å². The van der Waals surface area contributed by atoms with Crippen molar-refractivity contribution in [1.29, 1.82) is 0 Å². The van der Waals surface area contributed by atoms with E-state index in [0.717, 1.165) is 33.8 Å². The van der Waals surface area contributed by atoms with Gasteiger partial charge in [-0.25, -0.2) is 8.42 Å². The van der Waals surface area contributed by atoms with Crippen molar-refractivity contribution in [2.24, 2.45) is 0 Å². The molecule has 0 aliphatic carbocycles. The van der Waals surface area contributed by atoms with Crippen molar-refractivity contribution in [1.82, 2.24) is 10.3 Å². The number of hydrogen-bond donors (Lipinski definition) is 4.